The van der Waals surface area contributed by atoms with Crippen molar-refractivity contribution in [2.45, 2.75) is 20.8 Å². The van der Waals surface area contributed by atoms with Crippen LogP contribution in [0.4, 0.5) is 5.82 Å². The third kappa shape index (κ3) is 2.11. The van der Waals surface area contributed by atoms with Crippen molar-refractivity contribution in [2.75, 3.05) is 12.4 Å². The monoisotopic (exact) mass is 228 g/mol. The number of aryl methyl sites for hydroxylation is 3. The predicted molar refractivity (Wildman–Crippen MR) is 69.0 cm³/mol. The lowest BCUT2D eigenvalue weighted by Crippen LogP contribution is -2.01. The number of benzene rings is 1. The van der Waals surface area contributed by atoms with E-state index in [2.05, 4.69) is 53.4 Å². The molecule has 17 heavy (non-hydrogen) atoms. The van der Waals surface area contributed by atoms with Crippen molar-refractivity contribution in [3.05, 3.63) is 35.2 Å². The van der Waals surface area contributed by atoms with Crippen LogP contribution in [-0.2, 0) is 0 Å². The first-order chi connectivity index (χ1) is 8.13. The average molecular weight is 228 g/mol. The lowest BCUT2D eigenvalue weighted by atomic mass is 9.99. The molecule has 1 N–H and O–H groups in total. The van der Waals surface area contributed by atoms with E-state index in [4.69, 9.17) is 0 Å². The third-order valence-electron chi connectivity index (χ3n) is 2.95. The predicted octanol–water partition coefficient (Wildman–Crippen LogP) is 2.51. The van der Waals surface area contributed by atoms with Crippen LogP contribution in [0.15, 0.2) is 18.5 Å². The smallest absolute Gasteiger partial charge is 0.156 e. The average Bonchev–Trinajstić information content (AvgIpc) is 2.34. The molecule has 1 heterocycles. The number of hydrogen-bond acceptors (Lipinski definition) is 4. The molecule has 1 aromatic heterocycles. The van der Waals surface area contributed by atoms with Crippen LogP contribution in [0.1, 0.15) is 16.7 Å². The Hall–Kier alpha value is -1.97. The summed E-state index contributed by atoms with van der Waals surface area (Å²) in [6, 6.07) is 4.30. The highest BCUT2D eigenvalue weighted by Gasteiger charge is 2.11. The molecule has 0 aliphatic carbocycles. The molecule has 2 rings (SSSR count). The van der Waals surface area contributed by atoms with Gasteiger partial charge in [0.2, 0.25) is 0 Å². The molecule has 2 aromatic rings. The first kappa shape index (κ1) is 11.5. The fraction of sp³-hybridized carbons (Fsp3) is 0.308. The molecular weight excluding hydrogens is 212 g/mol. The quantitative estimate of drug-likeness (QED) is 0.858. The van der Waals surface area contributed by atoms with E-state index in [0.717, 1.165) is 17.1 Å². The molecule has 0 unspecified atom stereocenters. The number of hydrogen-bond donors (Lipinski definition) is 1. The molecule has 1 aromatic carbocycles. The lowest BCUT2D eigenvalue weighted by Gasteiger charge is -2.11. The molecule has 0 aliphatic rings. The Balaban J connectivity index is 2.64. The van der Waals surface area contributed by atoms with Gasteiger partial charge in [0.15, 0.2) is 5.82 Å². The van der Waals surface area contributed by atoms with Crippen LogP contribution < -0.4 is 5.32 Å². The van der Waals surface area contributed by atoms with E-state index >= 15 is 0 Å². The summed E-state index contributed by atoms with van der Waals surface area (Å²) >= 11 is 0. The lowest BCUT2D eigenvalue weighted by molar-refractivity contribution is 0.976. The Labute approximate surface area is 101 Å². The van der Waals surface area contributed by atoms with Crippen LogP contribution in [0.25, 0.3) is 11.3 Å². The van der Waals surface area contributed by atoms with Crippen molar-refractivity contribution in [2.24, 2.45) is 0 Å². The van der Waals surface area contributed by atoms with E-state index in [1.165, 1.54) is 23.0 Å². The Morgan fingerprint density at radius 1 is 1.00 bits per heavy atom. The maximum atomic E-state index is 4.18. The van der Waals surface area contributed by atoms with Gasteiger partial charge >= 0.3 is 0 Å². The number of rotatable bonds is 2. The van der Waals surface area contributed by atoms with Gasteiger partial charge in [0.1, 0.15) is 12.0 Å². The summed E-state index contributed by atoms with van der Waals surface area (Å²) in [4.78, 5) is 4.18. The normalized spacial score (nSPS) is 10.4. The van der Waals surface area contributed by atoms with Crippen molar-refractivity contribution >= 4 is 5.82 Å². The standard InChI is InChI=1S/C13H16N4/c1-8-5-10(3)11(6-9(8)2)12-13(14-4)15-7-16-17-12/h5-7H,1-4H3,(H,14,15,16). The topological polar surface area (TPSA) is 50.7 Å². The van der Waals surface area contributed by atoms with Crippen molar-refractivity contribution in [3.8, 4) is 11.3 Å². The summed E-state index contributed by atoms with van der Waals surface area (Å²) < 4.78 is 0. The fourth-order valence-corrected chi connectivity index (χ4v) is 1.86. The van der Waals surface area contributed by atoms with Crippen molar-refractivity contribution < 1.29 is 0 Å². The van der Waals surface area contributed by atoms with Gasteiger partial charge in [-0.3, -0.25) is 0 Å². The van der Waals surface area contributed by atoms with E-state index in [9.17, 15) is 0 Å². The second kappa shape index (κ2) is 4.49. The van der Waals surface area contributed by atoms with Gasteiger partial charge < -0.3 is 5.32 Å². The molecule has 4 nitrogen and oxygen atoms in total. The minimum absolute atomic E-state index is 0.756. The first-order valence-electron chi connectivity index (χ1n) is 5.57. The third-order valence-corrected chi connectivity index (χ3v) is 2.95. The Morgan fingerprint density at radius 3 is 2.41 bits per heavy atom. The van der Waals surface area contributed by atoms with Gasteiger partial charge in [-0.2, -0.15) is 0 Å². The highest BCUT2D eigenvalue weighted by atomic mass is 15.2. The molecule has 0 saturated carbocycles. The van der Waals surface area contributed by atoms with Crippen LogP contribution in [-0.4, -0.2) is 22.2 Å². The minimum atomic E-state index is 0.756. The first-order valence-corrected chi connectivity index (χ1v) is 5.57. The highest BCUT2D eigenvalue weighted by molar-refractivity contribution is 5.74. The minimum Gasteiger partial charge on any atom is -0.371 e. The molecule has 0 aliphatic heterocycles. The van der Waals surface area contributed by atoms with Crippen molar-refractivity contribution in [3.63, 3.8) is 0 Å². The maximum Gasteiger partial charge on any atom is 0.156 e. The van der Waals surface area contributed by atoms with E-state index in [1.807, 2.05) is 7.05 Å². The molecule has 4 heteroatoms. The summed E-state index contributed by atoms with van der Waals surface area (Å²) in [5, 5.41) is 11.1. The van der Waals surface area contributed by atoms with E-state index in [0.29, 0.717) is 0 Å². The van der Waals surface area contributed by atoms with E-state index in [-0.39, 0.29) is 0 Å². The summed E-state index contributed by atoms with van der Waals surface area (Å²) in [6.45, 7) is 6.29. The second-order valence-corrected chi connectivity index (χ2v) is 4.16. The number of nitrogens with one attached hydrogen (secondary N) is 1. The van der Waals surface area contributed by atoms with E-state index < -0.39 is 0 Å². The van der Waals surface area contributed by atoms with Gasteiger partial charge in [-0.1, -0.05) is 6.07 Å². The number of anilines is 1. The maximum absolute atomic E-state index is 4.18. The molecule has 0 amide bonds. The zero-order valence-electron chi connectivity index (χ0n) is 10.6. The van der Waals surface area contributed by atoms with Gasteiger partial charge in [0.05, 0.1) is 0 Å². The van der Waals surface area contributed by atoms with Crippen molar-refractivity contribution in [1.29, 1.82) is 0 Å². The Bertz CT molecular complexity index is 549. The number of aromatic nitrogens is 3. The fourth-order valence-electron chi connectivity index (χ4n) is 1.86. The van der Waals surface area contributed by atoms with Crippen LogP contribution in [0.2, 0.25) is 0 Å². The Kier molecular flexibility index (Phi) is 3.04. The largest absolute Gasteiger partial charge is 0.371 e. The highest BCUT2D eigenvalue weighted by Crippen LogP contribution is 2.28. The molecule has 0 spiro atoms. The van der Waals surface area contributed by atoms with Gasteiger partial charge in [-0.05, 0) is 43.5 Å². The summed E-state index contributed by atoms with van der Waals surface area (Å²) in [6.07, 6.45) is 1.45. The van der Waals surface area contributed by atoms with E-state index in [1.54, 1.807) is 0 Å². The molecular formula is C13H16N4. The van der Waals surface area contributed by atoms with Crippen LogP contribution in [0.5, 0.6) is 0 Å². The number of nitrogens with zero attached hydrogens (tertiary/aromatic N) is 3. The van der Waals surface area contributed by atoms with Crippen LogP contribution in [0, 0.1) is 20.8 Å². The molecule has 0 bridgehead atoms. The zero-order chi connectivity index (χ0) is 12.4. The second-order valence-electron chi connectivity index (χ2n) is 4.16. The molecule has 0 atom stereocenters. The van der Waals surface area contributed by atoms with Gasteiger partial charge in [-0.15, -0.1) is 10.2 Å². The van der Waals surface area contributed by atoms with Crippen molar-refractivity contribution in [1.82, 2.24) is 15.2 Å². The van der Waals surface area contributed by atoms with Crippen LogP contribution >= 0.6 is 0 Å². The summed E-state index contributed by atoms with van der Waals surface area (Å²) in [5.41, 5.74) is 5.60. The SMILES string of the molecule is CNc1ncnnc1-c1cc(C)c(C)cc1C. The van der Waals surface area contributed by atoms with Gasteiger partial charge in [0.25, 0.3) is 0 Å². The molecule has 0 saturated heterocycles. The van der Waals surface area contributed by atoms with Crippen LogP contribution in [0.3, 0.4) is 0 Å². The molecule has 0 fully saturated rings. The summed E-state index contributed by atoms with van der Waals surface area (Å²) in [7, 11) is 1.84. The molecule has 0 radical (unpaired) electrons. The Morgan fingerprint density at radius 2 is 1.71 bits per heavy atom. The van der Waals surface area contributed by atoms with Gasteiger partial charge in [-0.25, -0.2) is 4.98 Å². The molecule has 88 valence electrons. The van der Waals surface area contributed by atoms with Gasteiger partial charge in [0, 0.05) is 12.6 Å². The summed E-state index contributed by atoms with van der Waals surface area (Å²) in [5.74, 6) is 0.756. The zero-order valence-corrected chi connectivity index (χ0v) is 10.6.